The third kappa shape index (κ3) is 4.18. The molecule has 22 heavy (non-hydrogen) atoms. The fourth-order valence-electron chi connectivity index (χ4n) is 1.88. The number of hydrogen-bond donors (Lipinski definition) is 2. The van der Waals surface area contributed by atoms with Crippen molar-refractivity contribution >= 4 is 17.5 Å². The first-order valence-electron chi connectivity index (χ1n) is 7.28. The summed E-state index contributed by atoms with van der Waals surface area (Å²) in [5.74, 6) is 1.55. The Kier molecular flexibility index (Phi) is 4.18. The van der Waals surface area contributed by atoms with Crippen molar-refractivity contribution in [3.05, 3.63) is 42.0 Å². The molecular weight excluding hydrogens is 280 g/mol. The smallest absolute Gasteiger partial charge is 0.263 e. The second kappa shape index (κ2) is 6.43. The molecule has 114 valence electrons. The van der Waals surface area contributed by atoms with E-state index in [-0.39, 0.29) is 12.5 Å². The van der Waals surface area contributed by atoms with Crippen LogP contribution in [0.15, 0.2) is 36.4 Å². The molecule has 0 unspecified atom stereocenters. The van der Waals surface area contributed by atoms with E-state index in [4.69, 9.17) is 4.74 Å². The summed E-state index contributed by atoms with van der Waals surface area (Å²) in [4.78, 5) is 11.8. The summed E-state index contributed by atoms with van der Waals surface area (Å²) in [6.45, 7) is 1.93. The van der Waals surface area contributed by atoms with Crippen molar-refractivity contribution in [1.82, 2.24) is 10.2 Å². The van der Waals surface area contributed by atoms with Gasteiger partial charge in [0.05, 0.1) is 0 Å². The average Bonchev–Trinajstić information content (AvgIpc) is 3.33. The van der Waals surface area contributed by atoms with Crippen molar-refractivity contribution in [1.29, 1.82) is 0 Å². The molecule has 0 atom stereocenters. The van der Waals surface area contributed by atoms with Crippen LogP contribution >= 0.6 is 0 Å². The van der Waals surface area contributed by atoms with Gasteiger partial charge in [0.15, 0.2) is 12.4 Å². The van der Waals surface area contributed by atoms with Gasteiger partial charge in [0, 0.05) is 6.04 Å². The van der Waals surface area contributed by atoms with E-state index in [0.29, 0.717) is 17.6 Å². The zero-order valence-corrected chi connectivity index (χ0v) is 12.4. The minimum absolute atomic E-state index is 0.0627. The number of benzene rings is 1. The molecule has 0 bridgehead atoms. The fraction of sp³-hybridized carbons (Fsp3) is 0.312. The van der Waals surface area contributed by atoms with Crippen molar-refractivity contribution < 1.29 is 9.53 Å². The number of amides is 1. The second-order valence-corrected chi connectivity index (χ2v) is 5.37. The van der Waals surface area contributed by atoms with E-state index in [1.165, 1.54) is 12.8 Å². The number of nitrogens with one attached hydrogen (secondary N) is 2. The predicted molar refractivity (Wildman–Crippen MR) is 84.0 cm³/mol. The number of aryl methyl sites for hydroxylation is 1. The molecule has 6 nitrogen and oxygen atoms in total. The molecule has 1 aliphatic rings. The molecule has 1 amide bonds. The standard InChI is InChI=1S/C16H18N4O2/c1-11-2-6-13(7-3-11)22-10-16(21)18-15-9-8-14(19-20-15)17-12-4-5-12/h2-3,6-9,12H,4-5,10H2,1H3,(H,17,19)(H,18,20,21). The molecule has 0 radical (unpaired) electrons. The van der Waals surface area contributed by atoms with Gasteiger partial charge in [-0.1, -0.05) is 17.7 Å². The van der Waals surface area contributed by atoms with E-state index in [9.17, 15) is 4.79 Å². The zero-order valence-electron chi connectivity index (χ0n) is 12.4. The summed E-state index contributed by atoms with van der Waals surface area (Å²) in [6, 6.07) is 11.6. The molecule has 1 aliphatic carbocycles. The number of ether oxygens (including phenoxy) is 1. The van der Waals surface area contributed by atoms with Gasteiger partial charge in [-0.25, -0.2) is 0 Å². The maximum atomic E-state index is 11.8. The second-order valence-electron chi connectivity index (χ2n) is 5.37. The molecule has 2 N–H and O–H groups in total. The Labute approximate surface area is 128 Å². The number of carbonyl (C=O) groups is 1. The van der Waals surface area contributed by atoms with Crippen molar-refractivity contribution in [2.45, 2.75) is 25.8 Å². The maximum absolute atomic E-state index is 11.8. The van der Waals surface area contributed by atoms with Crippen LogP contribution in [0.2, 0.25) is 0 Å². The van der Waals surface area contributed by atoms with Gasteiger partial charge in [0.2, 0.25) is 0 Å². The topological polar surface area (TPSA) is 76.1 Å². The molecule has 2 aromatic rings. The van der Waals surface area contributed by atoms with Crippen LogP contribution in [-0.4, -0.2) is 28.8 Å². The Morgan fingerprint density at radius 3 is 2.45 bits per heavy atom. The molecule has 1 aromatic carbocycles. The van der Waals surface area contributed by atoms with Gasteiger partial charge in [0.25, 0.3) is 5.91 Å². The summed E-state index contributed by atoms with van der Waals surface area (Å²) in [5, 5.41) is 13.9. The monoisotopic (exact) mass is 298 g/mol. The lowest BCUT2D eigenvalue weighted by molar-refractivity contribution is -0.118. The summed E-state index contributed by atoms with van der Waals surface area (Å²) in [6.07, 6.45) is 2.35. The van der Waals surface area contributed by atoms with Gasteiger partial charge in [0.1, 0.15) is 11.6 Å². The normalized spacial score (nSPS) is 13.5. The van der Waals surface area contributed by atoms with Crippen LogP contribution in [0.4, 0.5) is 11.6 Å². The van der Waals surface area contributed by atoms with Gasteiger partial charge in [-0.15, -0.1) is 10.2 Å². The van der Waals surface area contributed by atoms with Crippen molar-refractivity contribution in [2.75, 3.05) is 17.2 Å². The number of rotatable bonds is 6. The lowest BCUT2D eigenvalue weighted by Crippen LogP contribution is -2.21. The molecule has 1 aromatic heterocycles. The molecule has 6 heteroatoms. The number of hydrogen-bond acceptors (Lipinski definition) is 5. The van der Waals surface area contributed by atoms with Crippen LogP contribution in [0.5, 0.6) is 5.75 Å². The van der Waals surface area contributed by atoms with Crippen molar-refractivity contribution in [3.8, 4) is 5.75 Å². The minimum atomic E-state index is -0.266. The van der Waals surface area contributed by atoms with Crippen molar-refractivity contribution in [2.24, 2.45) is 0 Å². The van der Waals surface area contributed by atoms with Gasteiger partial charge >= 0.3 is 0 Å². The average molecular weight is 298 g/mol. The highest BCUT2D eigenvalue weighted by Gasteiger charge is 2.21. The third-order valence-corrected chi connectivity index (χ3v) is 3.25. The summed E-state index contributed by atoms with van der Waals surface area (Å²) in [5.41, 5.74) is 1.15. The van der Waals surface area contributed by atoms with E-state index < -0.39 is 0 Å². The van der Waals surface area contributed by atoms with Gasteiger partial charge in [-0.2, -0.15) is 0 Å². The van der Waals surface area contributed by atoms with Gasteiger partial charge < -0.3 is 15.4 Å². The van der Waals surface area contributed by atoms with E-state index in [2.05, 4.69) is 20.8 Å². The number of carbonyl (C=O) groups excluding carboxylic acids is 1. The van der Waals surface area contributed by atoms with Crippen LogP contribution in [0.3, 0.4) is 0 Å². The van der Waals surface area contributed by atoms with E-state index in [1.807, 2.05) is 37.3 Å². The Hall–Kier alpha value is -2.63. The van der Waals surface area contributed by atoms with E-state index in [1.54, 1.807) is 6.07 Å². The number of aromatic nitrogens is 2. The number of nitrogens with zero attached hydrogens (tertiary/aromatic N) is 2. The van der Waals surface area contributed by atoms with Gasteiger partial charge in [-0.05, 0) is 44.0 Å². The third-order valence-electron chi connectivity index (χ3n) is 3.25. The molecule has 1 heterocycles. The lowest BCUT2D eigenvalue weighted by atomic mass is 10.2. The maximum Gasteiger partial charge on any atom is 0.263 e. The highest BCUT2D eigenvalue weighted by molar-refractivity contribution is 5.90. The Morgan fingerprint density at radius 1 is 1.14 bits per heavy atom. The first-order valence-corrected chi connectivity index (χ1v) is 7.28. The van der Waals surface area contributed by atoms with Crippen molar-refractivity contribution in [3.63, 3.8) is 0 Å². The fourth-order valence-corrected chi connectivity index (χ4v) is 1.88. The van der Waals surface area contributed by atoms with E-state index >= 15 is 0 Å². The first kappa shape index (κ1) is 14.3. The van der Waals surface area contributed by atoms with Gasteiger partial charge in [-0.3, -0.25) is 4.79 Å². The highest BCUT2D eigenvalue weighted by Crippen LogP contribution is 2.23. The summed E-state index contributed by atoms with van der Waals surface area (Å²) in [7, 11) is 0. The quantitative estimate of drug-likeness (QED) is 0.856. The molecular formula is C16H18N4O2. The largest absolute Gasteiger partial charge is 0.484 e. The first-order chi connectivity index (χ1) is 10.7. The van der Waals surface area contributed by atoms with Crippen LogP contribution in [0.25, 0.3) is 0 Å². The zero-order chi connectivity index (χ0) is 15.4. The highest BCUT2D eigenvalue weighted by atomic mass is 16.5. The Balaban J connectivity index is 1.47. The summed E-state index contributed by atoms with van der Waals surface area (Å²) >= 11 is 0. The van der Waals surface area contributed by atoms with Crippen LogP contribution in [-0.2, 0) is 4.79 Å². The molecule has 0 aliphatic heterocycles. The number of anilines is 2. The summed E-state index contributed by atoms with van der Waals surface area (Å²) < 4.78 is 5.41. The van der Waals surface area contributed by atoms with Crippen LogP contribution in [0, 0.1) is 6.92 Å². The predicted octanol–water partition coefficient (Wildman–Crippen LogP) is 2.38. The molecule has 0 spiro atoms. The molecule has 3 rings (SSSR count). The van der Waals surface area contributed by atoms with E-state index in [0.717, 1.165) is 11.4 Å². The SMILES string of the molecule is Cc1ccc(OCC(=O)Nc2ccc(NC3CC3)nn2)cc1. The molecule has 1 fully saturated rings. The lowest BCUT2D eigenvalue weighted by Gasteiger charge is -2.07. The molecule has 1 saturated carbocycles. The Morgan fingerprint density at radius 2 is 1.82 bits per heavy atom. The minimum Gasteiger partial charge on any atom is -0.484 e. The van der Waals surface area contributed by atoms with Crippen LogP contribution < -0.4 is 15.4 Å². The molecule has 0 saturated heterocycles. The Bertz CT molecular complexity index is 636. The van der Waals surface area contributed by atoms with Crippen LogP contribution in [0.1, 0.15) is 18.4 Å².